The van der Waals surface area contributed by atoms with E-state index in [0.29, 0.717) is 6.04 Å². The van der Waals surface area contributed by atoms with E-state index in [4.69, 9.17) is 29.3 Å². The van der Waals surface area contributed by atoms with Crippen molar-refractivity contribution in [2.75, 3.05) is 14.2 Å². The van der Waals surface area contributed by atoms with Crippen molar-refractivity contribution in [3.05, 3.63) is 59.2 Å². The molecule has 150 valence electrons. The number of benzene rings is 2. The summed E-state index contributed by atoms with van der Waals surface area (Å²) in [5.74, 6) is -2.04. The second-order valence-electron chi connectivity index (χ2n) is 6.29. The van der Waals surface area contributed by atoms with Crippen molar-refractivity contribution < 1.29 is 29.3 Å². The lowest BCUT2D eigenvalue weighted by Gasteiger charge is -2.27. The molecule has 2 aromatic rings. The Bertz CT molecular complexity index is 808. The van der Waals surface area contributed by atoms with Gasteiger partial charge in [-0.05, 0) is 36.5 Å². The van der Waals surface area contributed by atoms with Crippen molar-refractivity contribution in [1.82, 2.24) is 5.32 Å². The maximum absolute atomic E-state index is 9.10. The Balaban J connectivity index is 0.000000409. The molecule has 7 nitrogen and oxygen atoms in total. The molecule has 0 bridgehead atoms. The van der Waals surface area contributed by atoms with Gasteiger partial charge in [0, 0.05) is 18.2 Å². The van der Waals surface area contributed by atoms with Crippen molar-refractivity contribution in [3.8, 4) is 11.5 Å². The van der Waals surface area contributed by atoms with Crippen molar-refractivity contribution in [2.24, 2.45) is 0 Å². The van der Waals surface area contributed by atoms with Gasteiger partial charge in [0.05, 0.1) is 14.2 Å². The van der Waals surface area contributed by atoms with Gasteiger partial charge in [-0.1, -0.05) is 36.4 Å². The fourth-order valence-electron chi connectivity index (χ4n) is 3.29. The molecule has 1 aliphatic carbocycles. The number of carboxylic acid groups (broad SMARTS) is 2. The topological polar surface area (TPSA) is 105 Å². The van der Waals surface area contributed by atoms with Crippen LogP contribution >= 0.6 is 0 Å². The van der Waals surface area contributed by atoms with E-state index in [-0.39, 0.29) is 0 Å². The van der Waals surface area contributed by atoms with Gasteiger partial charge in [0.1, 0.15) is 0 Å². The molecule has 1 atom stereocenters. The predicted molar refractivity (Wildman–Crippen MR) is 104 cm³/mol. The van der Waals surface area contributed by atoms with E-state index in [9.17, 15) is 0 Å². The van der Waals surface area contributed by atoms with Crippen LogP contribution in [0.3, 0.4) is 0 Å². The first-order chi connectivity index (χ1) is 13.5. The average molecular weight is 387 g/mol. The number of nitrogens with one attached hydrogen (secondary N) is 1. The van der Waals surface area contributed by atoms with Crippen LogP contribution in [0.5, 0.6) is 11.5 Å². The van der Waals surface area contributed by atoms with Crippen LogP contribution in [0.4, 0.5) is 0 Å². The maximum Gasteiger partial charge on any atom is 0.414 e. The summed E-state index contributed by atoms with van der Waals surface area (Å²) in [6, 6.07) is 15.2. The largest absolute Gasteiger partial charge is 0.493 e. The third-order valence-corrected chi connectivity index (χ3v) is 4.58. The molecular formula is C21H25NO6. The molecule has 0 heterocycles. The fraction of sp³-hybridized carbons (Fsp3) is 0.333. The number of rotatable bonds is 5. The number of carboxylic acids is 2. The second-order valence-corrected chi connectivity index (χ2v) is 6.29. The van der Waals surface area contributed by atoms with E-state index in [0.717, 1.165) is 23.6 Å². The first-order valence-electron chi connectivity index (χ1n) is 8.95. The van der Waals surface area contributed by atoms with Crippen molar-refractivity contribution in [1.29, 1.82) is 0 Å². The van der Waals surface area contributed by atoms with Crippen molar-refractivity contribution in [3.63, 3.8) is 0 Å². The highest BCUT2D eigenvalue weighted by molar-refractivity contribution is 6.27. The lowest BCUT2D eigenvalue weighted by Crippen LogP contribution is -2.25. The summed E-state index contributed by atoms with van der Waals surface area (Å²) in [5.41, 5.74) is 4.05. The Kier molecular flexibility index (Phi) is 7.83. The van der Waals surface area contributed by atoms with Crippen LogP contribution in [-0.4, -0.2) is 36.4 Å². The average Bonchev–Trinajstić information content (AvgIpc) is 2.72. The molecule has 3 rings (SSSR count). The van der Waals surface area contributed by atoms with E-state index in [1.165, 1.54) is 30.4 Å². The van der Waals surface area contributed by atoms with Gasteiger partial charge in [-0.25, -0.2) is 9.59 Å². The molecule has 0 spiro atoms. The number of hydrogen-bond donors (Lipinski definition) is 3. The highest BCUT2D eigenvalue weighted by atomic mass is 16.5. The summed E-state index contributed by atoms with van der Waals surface area (Å²) in [6.45, 7) is 0.777. The van der Waals surface area contributed by atoms with Crippen LogP contribution in [0.1, 0.15) is 35.6 Å². The zero-order valence-electron chi connectivity index (χ0n) is 16.0. The van der Waals surface area contributed by atoms with Gasteiger partial charge in [0.2, 0.25) is 0 Å². The van der Waals surface area contributed by atoms with Crippen molar-refractivity contribution >= 4 is 11.9 Å². The highest BCUT2D eigenvalue weighted by Crippen LogP contribution is 2.33. The Hall–Kier alpha value is -3.06. The molecule has 1 aliphatic rings. The Labute approximate surface area is 163 Å². The highest BCUT2D eigenvalue weighted by Gasteiger charge is 2.20. The van der Waals surface area contributed by atoms with Gasteiger partial charge in [-0.2, -0.15) is 0 Å². The first-order valence-corrected chi connectivity index (χ1v) is 8.95. The molecule has 0 radical (unpaired) electrons. The Morgan fingerprint density at radius 1 is 1.04 bits per heavy atom. The van der Waals surface area contributed by atoms with Gasteiger partial charge >= 0.3 is 11.9 Å². The number of carbonyl (C=O) groups is 2. The molecular weight excluding hydrogens is 362 g/mol. The lowest BCUT2D eigenvalue weighted by molar-refractivity contribution is -0.159. The number of aliphatic carboxylic acids is 2. The molecule has 1 unspecified atom stereocenters. The summed E-state index contributed by atoms with van der Waals surface area (Å²) in [5, 5.41) is 18.5. The monoisotopic (exact) mass is 387 g/mol. The minimum Gasteiger partial charge on any atom is -0.493 e. The smallest absolute Gasteiger partial charge is 0.414 e. The third kappa shape index (κ3) is 5.47. The lowest BCUT2D eigenvalue weighted by atomic mass is 9.87. The van der Waals surface area contributed by atoms with Crippen LogP contribution in [0.25, 0.3) is 0 Å². The standard InChI is InChI=1S/C19H23NO2.C2H2O4/c1-21-18-12-6-9-15(19(18)22-2)13-20-17-11-5-8-14-7-3-4-10-16(14)17;3-1(4)2(5)6/h3-4,6-7,9-10,12,17,20H,5,8,11,13H2,1-2H3;(H,3,4)(H,5,6). The van der Waals surface area contributed by atoms with Crippen LogP contribution < -0.4 is 14.8 Å². The predicted octanol–water partition coefficient (Wildman–Crippen LogP) is 3.03. The number of para-hydroxylation sites is 1. The van der Waals surface area contributed by atoms with Crippen LogP contribution in [-0.2, 0) is 22.6 Å². The summed E-state index contributed by atoms with van der Waals surface area (Å²) >= 11 is 0. The molecule has 0 amide bonds. The number of methoxy groups -OCH3 is 2. The summed E-state index contributed by atoms with van der Waals surface area (Å²) in [6.07, 6.45) is 3.62. The molecule has 28 heavy (non-hydrogen) atoms. The SMILES string of the molecule is COc1cccc(CNC2CCCc3ccccc32)c1OC.O=C(O)C(=O)O. The normalized spacial score (nSPS) is 14.9. The van der Waals surface area contributed by atoms with Gasteiger partial charge in [-0.3, -0.25) is 0 Å². The third-order valence-electron chi connectivity index (χ3n) is 4.58. The van der Waals surface area contributed by atoms with Crippen molar-refractivity contribution in [2.45, 2.75) is 31.8 Å². The van der Waals surface area contributed by atoms with E-state index < -0.39 is 11.9 Å². The van der Waals surface area contributed by atoms with E-state index >= 15 is 0 Å². The molecule has 2 aromatic carbocycles. The minimum atomic E-state index is -1.82. The fourth-order valence-corrected chi connectivity index (χ4v) is 3.29. The number of aryl methyl sites for hydroxylation is 1. The number of fused-ring (bicyclic) bond motifs is 1. The summed E-state index contributed by atoms with van der Waals surface area (Å²) in [4.78, 5) is 18.2. The molecule has 7 heteroatoms. The Morgan fingerprint density at radius 3 is 2.39 bits per heavy atom. The first kappa shape index (κ1) is 21.2. The molecule has 0 fully saturated rings. The van der Waals surface area contributed by atoms with Crippen LogP contribution in [0, 0.1) is 0 Å². The second kappa shape index (κ2) is 10.3. The van der Waals surface area contributed by atoms with Crippen LogP contribution in [0.2, 0.25) is 0 Å². The number of hydrogen-bond acceptors (Lipinski definition) is 5. The molecule has 0 saturated carbocycles. The Morgan fingerprint density at radius 2 is 1.75 bits per heavy atom. The minimum absolute atomic E-state index is 0.417. The van der Waals surface area contributed by atoms with Gasteiger partial charge in [0.25, 0.3) is 0 Å². The summed E-state index contributed by atoms with van der Waals surface area (Å²) in [7, 11) is 3.36. The maximum atomic E-state index is 9.10. The van der Waals surface area contributed by atoms with Crippen LogP contribution in [0.15, 0.2) is 42.5 Å². The quantitative estimate of drug-likeness (QED) is 0.677. The van der Waals surface area contributed by atoms with E-state index in [1.807, 2.05) is 12.1 Å². The zero-order chi connectivity index (χ0) is 20.5. The van der Waals surface area contributed by atoms with Gasteiger partial charge in [0.15, 0.2) is 11.5 Å². The van der Waals surface area contributed by atoms with E-state index in [2.05, 4.69) is 35.6 Å². The molecule has 3 N–H and O–H groups in total. The zero-order valence-corrected chi connectivity index (χ0v) is 16.0. The van der Waals surface area contributed by atoms with Gasteiger partial charge in [-0.15, -0.1) is 0 Å². The summed E-state index contributed by atoms with van der Waals surface area (Å²) < 4.78 is 10.9. The molecule has 0 aliphatic heterocycles. The molecule has 0 saturated heterocycles. The van der Waals surface area contributed by atoms with E-state index in [1.54, 1.807) is 14.2 Å². The molecule has 0 aromatic heterocycles. The number of ether oxygens (including phenoxy) is 2. The van der Waals surface area contributed by atoms with Gasteiger partial charge < -0.3 is 25.0 Å².